The predicted octanol–water partition coefficient (Wildman–Crippen LogP) is 2.86. The number of guanidine groups is 1. The van der Waals surface area contributed by atoms with Gasteiger partial charge >= 0.3 is 0 Å². The zero-order valence-corrected chi connectivity index (χ0v) is 19.9. The molecule has 0 spiro atoms. The molecule has 3 N–H and O–H groups in total. The van der Waals surface area contributed by atoms with Crippen molar-refractivity contribution in [1.29, 1.82) is 0 Å². The van der Waals surface area contributed by atoms with Crippen LogP contribution < -0.4 is 20.5 Å². The third-order valence-electron chi connectivity index (χ3n) is 4.71. The van der Waals surface area contributed by atoms with Gasteiger partial charge in [0.15, 0.2) is 17.5 Å². The lowest BCUT2D eigenvalue weighted by Gasteiger charge is -2.34. The molecule has 1 aliphatic heterocycles. The minimum Gasteiger partial charge on any atom is -0.493 e. The molecule has 160 valence electrons. The van der Waals surface area contributed by atoms with Crippen LogP contribution in [-0.4, -0.2) is 57.9 Å². The second kappa shape index (κ2) is 12.2. The molecule has 0 bridgehead atoms. The second-order valence-corrected chi connectivity index (χ2v) is 7.43. The van der Waals surface area contributed by atoms with Crippen molar-refractivity contribution >= 4 is 41.3 Å². The van der Waals surface area contributed by atoms with Crippen LogP contribution in [0.2, 0.25) is 0 Å². The molecule has 0 saturated carbocycles. The van der Waals surface area contributed by atoms with Crippen molar-refractivity contribution in [3.63, 3.8) is 0 Å². The fraction of sp³-hybridized carbons (Fsp3) is 0.450. The Morgan fingerprint density at radius 2 is 2.00 bits per heavy atom. The highest BCUT2D eigenvalue weighted by Gasteiger charge is 2.23. The van der Waals surface area contributed by atoms with Gasteiger partial charge in [0.2, 0.25) is 0 Å². The van der Waals surface area contributed by atoms with Gasteiger partial charge in [0.25, 0.3) is 0 Å². The van der Waals surface area contributed by atoms with Crippen molar-refractivity contribution in [2.75, 3.05) is 47.1 Å². The number of methoxy groups -OCH3 is 2. The van der Waals surface area contributed by atoms with Crippen molar-refractivity contribution in [2.45, 2.75) is 12.6 Å². The lowest BCUT2D eigenvalue weighted by Crippen LogP contribution is -2.44. The molecular formula is C20H29IN4O3S. The fourth-order valence-electron chi connectivity index (χ4n) is 3.19. The summed E-state index contributed by atoms with van der Waals surface area (Å²) >= 11 is 1.77. The first-order valence-electron chi connectivity index (χ1n) is 9.31. The molecule has 1 atom stereocenters. The standard InChI is InChI=1S/C20H28N4O3S.HI/c1-25-17-6-5-15(12-18(17)26-2)13-22-20(21)23-14-16(19-4-3-11-28-19)24-7-9-27-10-8-24;/h3-6,11-12,16H,7-10,13-14H2,1-2H3,(H3,21,22,23);1H. The van der Waals surface area contributed by atoms with E-state index in [1.165, 1.54) is 4.88 Å². The summed E-state index contributed by atoms with van der Waals surface area (Å²) in [5, 5.41) is 5.39. The third-order valence-corrected chi connectivity index (χ3v) is 5.69. The third kappa shape index (κ3) is 6.73. The Labute approximate surface area is 193 Å². The number of nitrogens with one attached hydrogen (secondary N) is 1. The first kappa shape index (κ1) is 23.7. The van der Waals surface area contributed by atoms with E-state index in [9.17, 15) is 0 Å². The number of benzene rings is 1. The smallest absolute Gasteiger partial charge is 0.188 e. The Balaban J connectivity index is 0.00000300. The monoisotopic (exact) mass is 532 g/mol. The molecule has 29 heavy (non-hydrogen) atoms. The molecule has 1 fully saturated rings. The summed E-state index contributed by atoms with van der Waals surface area (Å²) in [5.74, 6) is 1.82. The highest BCUT2D eigenvalue weighted by molar-refractivity contribution is 14.0. The average Bonchev–Trinajstić information content (AvgIpc) is 3.27. The van der Waals surface area contributed by atoms with E-state index in [-0.39, 0.29) is 30.0 Å². The molecule has 0 amide bonds. The van der Waals surface area contributed by atoms with E-state index in [0.29, 0.717) is 30.5 Å². The van der Waals surface area contributed by atoms with E-state index < -0.39 is 0 Å². The number of hydrogen-bond donors (Lipinski definition) is 2. The Morgan fingerprint density at radius 3 is 2.66 bits per heavy atom. The summed E-state index contributed by atoms with van der Waals surface area (Å²) in [6.45, 7) is 4.57. The van der Waals surface area contributed by atoms with E-state index in [1.54, 1.807) is 25.6 Å². The molecule has 1 aliphatic rings. The van der Waals surface area contributed by atoms with Gasteiger partial charge < -0.3 is 25.3 Å². The normalized spacial score (nSPS) is 16.0. The number of hydrogen-bond acceptors (Lipinski definition) is 6. The predicted molar refractivity (Wildman–Crippen MR) is 128 cm³/mol. The topological polar surface area (TPSA) is 81.3 Å². The molecule has 1 aromatic heterocycles. The SMILES string of the molecule is COc1ccc(CN=C(N)NCC(c2cccs2)N2CCOCC2)cc1OC.I. The van der Waals surface area contributed by atoms with Gasteiger partial charge in [-0.05, 0) is 29.1 Å². The Morgan fingerprint density at radius 1 is 1.24 bits per heavy atom. The van der Waals surface area contributed by atoms with Crippen molar-refractivity contribution in [3.05, 3.63) is 46.2 Å². The van der Waals surface area contributed by atoms with E-state index in [2.05, 4.69) is 32.7 Å². The van der Waals surface area contributed by atoms with Gasteiger partial charge in [-0.2, -0.15) is 0 Å². The van der Waals surface area contributed by atoms with Gasteiger partial charge in [-0.25, -0.2) is 4.99 Å². The molecule has 1 aromatic carbocycles. The van der Waals surface area contributed by atoms with Gasteiger partial charge in [-0.3, -0.25) is 4.90 Å². The minimum atomic E-state index is 0. The second-order valence-electron chi connectivity index (χ2n) is 6.45. The Hall–Kier alpha value is -1.56. The summed E-state index contributed by atoms with van der Waals surface area (Å²) in [6, 6.07) is 10.3. The Kier molecular flexibility index (Phi) is 9.98. The number of morpholine rings is 1. The van der Waals surface area contributed by atoms with E-state index in [1.807, 2.05) is 18.2 Å². The number of aliphatic imine (C=N–C) groups is 1. The van der Waals surface area contributed by atoms with Crippen LogP contribution in [0.4, 0.5) is 0 Å². The quantitative estimate of drug-likeness (QED) is 0.309. The fourth-order valence-corrected chi connectivity index (χ4v) is 4.05. The highest BCUT2D eigenvalue weighted by atomic mass is 127. The number of ether oxygens (including phenoxy) is 3. The van der Waals surface area contributed by atoms with Gasteiger partial charge in [0.05, 0.1) is 40.0 Å². The van der Waals surface area contributed by atoms with Crippen LogP contribution in [0.15, 0.2) is 40.7 Å². The summed E-state index contributed by atoms with van der Waals surface area (Å²) in [4.78, 5) is 8.23. The molecule has 1 unspecified atom stereocenters. The van der Waals surface area contributed by atoms with Crippen LogP contribution in [0.1, 0.15) is 16.5 Å². The van der Waals surface area contributed by atoms with Gasteiger partial charge in [0.1, 0.15) is 0 Å². The van der Waals surface area contributed by atoms with Crippen molar-refractivity contribution in [1.82, 2.24) is 10.2 Å². The molecule has 1 saturated heterocycles. The lowest BCUT2D eigenvalue weighted by molar-refractivity contribution is 0.0177. The van der Waals surface area contributed by atoms with Gasteiger partial charge in [-0.15, -0.1) is 35.3 Å². The van der Waals surface area contributed by atoms with E-state index in [0.717, 1.165) is 31.9 Å². The molecule has 7 nitrogen and oxygen atoms in total. The molecule has 2 heterocycles. The summed E-state index contributed by atoms with van der Waals surface area (Å²) in [5.41, 5.74) is 7.13. The van der Waals surface area contributed by atoms with Crippen LogP contribution in [0, 0.1) is 0 Å². The average molecular weight is 532 g/mol. The van der Waals surface area contributed by atoms with E-state index >= 15 is 0 Å². The molecular weight excluding hydrogens is 503 g/mol. The van der Waals surface area contributed by atoms with Crippen LogP contribution in [0.25, 0.3) is 0 Å². The molecule has 0 radical (unpaired) electrons. The van der Waals surface area contributed by atoms with Crippen LogP contribution in [0.5, 0.6) is 11.5 Å². The van der Waals surface area contributed by atoms with Crippen molar-refractivity contribution in [3.8, 4) is 11.5 Å². The van der Waals surface area contributed by atoms with Gasteiger partial charge in [-0.1, -0.05) is 12.1 Å². The first-order valence-corrected chi connectivity index (χ1v) is 10.2. The molecule has 0 aliphatic carbocycles. The molecule has 9 heteroatoms. The number of thiophene rings is 1. The van der Waals surface area contributed by atoms with Crippen molar-refractivity contribution < 1.29 is 14.2 Å². The maximum atomic E-state index is 6.12. The number of nitrogens with zero attached hydrogens (tertiary/aromatic N) is 2. The first-order chi connectivity index (χ1) is 13.7. The number of nitrogens with two attached hydrogens (primary N) is 1. The van der Waals surface area contributed by atoms with E-state index in [4.69, 9.17) is 19.9 Å². The van der Waals surface area contributed by atoms with Crippen LogP contribution in [0.3, 0.4) is 0 Å². The summed E-state index contributed by atoms with van der Waals surface area (Å²) in [7, 11) is 3.24. The highest BCUT2D eigenvalue weighted by Crippen LogP contribution is 2.28. The zero-order valence-electron chi connectivity index (χ0n) is 16.8. The maximum Gasteiger partial charge on any atom is 0.188 e. The number of halogens is 1. The summed E-state index contributed by atoms with van der Waals surface area (Å²) < 4.78 is 16.1. The molecule has 2 aromatic rings. The lowest BCUT2D eigenvalue weighted by atomic mass is 10.2. The van der Waals surface area contributed by atoms with Crippen LogP contribution in [-0.2, 0) is 11.3 Å². The Bertz CT molecular complexity index is 767. The van der Waals surface area contributed by atoms with Crippen LogP contribution >= 0.6 is 35.3 Å². The molecule has 3 rings (SSSR count). The maximum absolute atomic E-state index is 6.12. The zero-order chi connectivity index (χ0) is 19.8. The number of rotatable bonds is 8. The summed E-state index contributed by atoms with van der Waals surface area (Å²) in [6.07, 6.45) is 0. The van der Waals surface area contributed by atoms with Crippen molar-refractivity contribution in [2.24, 2.45) is 10.7 Å². The largest absolute Gasteiger partial charge is 0.493 e. The van der Waals surface area contributed by atoms with Gasteiger partial charge in [0, 0.05) is 24.5 Å². The minimum absolute atomic E-state index is 0.